The van der Waals surface area contributed by atoms with Crippen molar-refractivity contribution in [3.63, 3.8) is 0 Å². The van der Waals surface area contributed by atoms with Gasteiger partial charge in [-0.05, 0) is 36.4 Å². The van der Waals surface area contributed by atoms with Crippen molar-refractivity contribution in [2.75, 3.05) is 5.73 Å². The highest BCUT2D eigenvalue weighted by molar-refractivity contribution is 7.99. The molecule has 86 valence electrons. The van der Waals surface area contributed by atoms with Gasteiger partial charge >= 0.3 is 0 Å². The predicted molar refractivity (Wildman–Crippen MR) is 70.8 cm³/mol. The molecule has 0 aliphatic carbocycles. The van der Waals surface area contributed by atoms with E-state index in [0.717, 1.165) is 9.79 Å². The van der Waals surface area contributed by atoms with E-state index >= 15 is 0 Å². The van der Waals surface area contributed by atoms with Crippen molar-refractivity contribution in [2.45, 2.75) is 9.79 Å². The molecule has 0 aromatic heterocycles. The molecule has 3 nitrogen and oxygen atoms in total. The Labute approximate surface area is 109 Å². The number of nitrogens with zero attached hydrogens (tertiary/aromatic N) is 2. The largest absolute Gasteiger partial charge is 0.399 e. The maximum absolute atomic E-state index is 8.95. The summed E-state index contributed by atoms with van der Waals surface area (Å²) in [5.41, 5.74) is 7.20. The van der Waals surface area contributed by atoms with E-state index in [4.69, 9.17) is 16.3 Å². The Balaban J connectivity index is 2.31. The minimum atomic E-state index is 0.395. The van der Waals surface area contributed by atoms with Crippen molar-refractivity contribution < 1.29 is 0 Å². The minimum absolute atomic E-state index is 0.395. The zero-order valence-corrected chi connectivity index (χ0v) is 10.2. The van der Waals surface area contributed by atoms with Crippen LogP contribution in [0.25, 0.3) is 0 Å². The number of nitriles is 2. The van der Waals surface area contributed by atoms with E-state index in [-0.39, 0.29) is 0 Å². The molecule has 0 atom stereocenters. The maximum atomic E-state index is 8.95. The van der Waals surface area contributed by atoms with Crippen molar-refractivity contribution in [3.8, 4) is 12.1 Å². The lowest BCUT2D eigenvalue weighted by Gasteiger charge is -2.03. The Morgan fingerprint density at radius 1 is 0.889 bits per heavy atom. The van der Waals surface area contributed by atoms with Gasteiger partial charge in [0.25, 0.3) is 0 Å². The number of anilines is 1. The third-order valence-corrected chi connectivity index (χ3v) is 3.31. The zero-order chi connectivity index (χ0) is 13.0. The summed E-state index contributed by atoms with van der Waals surface area (Å²) in [6, 6.07) is 16.7. The monoisotopic (exact) mass is 251 g/mol. The van der Waals surface area contributed by atoms with Crippen LogP contribution in [-0.4, -0.2) is 0 Å². The maximum Gasteiger partial charge on any atom is 0.101 e. The van der Waals surface area contributed by atoms with E-state index in [1.807, 2.05) is 42.5 Å². The van der Waals surface area contributed by atoms with E-state index in [9.17, 15) is 0 Å². The summed E-state index contributed by atoms with van der Waals surface area (Å²) in [6.07, 6.45) is 0. The number of nitrogen functional groups attached to an aromatic ring is 1. The van der Waals surface area contributed by atoms with E-state index < -0.39 is 0 Å². The molecule has 0 aliphatic heterocycles. The SMILES string of the molecule is N#Cc1ccc(Sc2cccc(N)c2)cc1C#N. The van der Waals surface area contributed by atoms with Crippen LogP contribution in [0, 0.1) is 22.7 Å². The second-order valence-electron chi connectivity index (χ2n) is 3.61. The first kappa shape index (κ1) is 12.0. The molecule has 2 rings (SSSR count). The normalized spacial score (nSPS) is 9.44. The molecule has 0 aliphatic rings. The van der Waals surface area contributed by atoms with Gasteiger partial charge in [0, 0.05) is 15.5 Å². The van der Waals surface area contributed by atoms with Gasteiger partial charge in [-0.1, -0.05) is 17.8 Å². The van der Waals surface area contributed by atoms with Crippen LogP contribution in [0.5, 0.6) is 0 Å². The van der Waals surface area contributed by atoms with Crippen LogP contribution in [-0.2, 0) is 0 Å². The predicted octanol–water partition coefficient (Wildman–Crippen LogP) is 3.16. The van der Waals surface area contributed by atoms with Crippen molar-refractivity contribution in [1.82, 2.24) is 0 Å². The summed E-state index contributed by atoms with van der Waals surface area (Å²) in [4.78, 5) is 1.92. The van der Waals surface area contributed by atoms with Gasteiger partial charge in [-0.25, -0.2) is 0 Å². The molecule has 0 spiro atoms. The molecule has 2 aromatic rings. The van der Waals surface area contributed by atoms with Gasteiger partial charge in [-0.2, -0.15) is 10.5 Å². The van der Waals surface area contributed by atoms with Gasteiger partial charge < -0.3 is 5.73 Å². The minimum Gasteiger partial charge on any atom is -0.399 e. The van der Waals surface area contributed by atoms with E-state index in [1.165, 1.54) is 11.8 Å². The number of hydrogen-bond acceptors (Lipinski definition) is 4. The first-order valence-corrected chi connectivity index (χ1v) is 6.02. The average molecular weight is 251 g/mol. The summed E-state index contributed by atoms with van der Waals surface area (Å²) < 4.78 is 0. The molecule has 0 saturated carbocycles. The smallest absolute Gasteiger partial charge is 0.101 e. The summed E-state index contributed by atoms with van der Waals surface area (Å²) in [6.45, 7) is 0. The molecule has 4 heteroatoms. The topological polar surface area (TPSA) is 73.6 Å². The Bertz CT molecular complexity index is 665. The van der Waals surface area contributed by atoms with Gasteiger partial charge in [0.15, 0.2) is 0 Å². The molecule has 0 unspecified atom stereocenters. The lowest BCUT2D eigenvalue weighted by molar-refractivity contribution is 1.35. The van der Waals surface area contributed by atoms with Gasteiger partial charge in [0.1, 0.15) is 12.1 Å². The highest BCUT2D eigenvalue weighted by atomic mass is 32.2. The summed E-state index contributed by atoms with van der Waals surface area (Å²) in [5, 5.41) is 17.8. The second-order valence-corrected chi connectivity index (χ2v) is 4.75. The van der Waals surface area contributed by atoms with E-state index in [1.54, 1.807) is 12.1 Å². The van der Waals surface area contributed by atoms with Gasteiger partial charge in [0.2, 0.25) is 0 Å². The van der Waals surface area contributed by atoms with Crippen LogP contribution < -0.4 is 5.73 Å². The van der Waals surface area contributed by atoms with Crippen molar-refractivity contribution >= 4 is 17.4 Å². The lowest BCUT2D eigenvalue weighted by Crippen LogP contribution is -1.85. The fourth-order valence-electron chi connectivity index (χ4n) is 1.49. The van der Waals surface area contributed by atoms with Crippen LogP contribution in [0.15, 0.2) is 52.3 Å². The molecule has 2 aromatic carbocycles. The van der Waals surface area contributed by atoms with Crippen LogP contribution in [0.3, 0.4) is 0 Å². The molecule has 18 heavy (non-hydrogen) atoms. The molecular formula is C14H9N3S. The highest BCUT2D eigenvalue weighted by Crippen LogP contribution is 2.29. The Morgan fingerprint density at radius 2 is 1.61 bits per heavy atom. The van der Waals surface area contributed by atoms with Gasteiger partial charge in [0.05, 0.1) is 11.1 Å². The molecule has 0 radical (unpaired) electrons. The molecule has 2 N–H and O–H groups in total. The zero-order valence-electron chi connectivity index (χ0n) is 9.42. The van der Waals surface area contributed by atoms with E-state index in [0.29, 0.717) is 16.8 Å². The molecule has 0 bridgehead atoms. The summed E-state index contributed by atoms with van der Waals surface area (Å²) >= 11 is 1.51. The average Bonchev–Trinajstić information content (AvgIpc) is 2.38. The first-order chi connectivity index (χ1) is 8.72. The Kier molecular flexibility index (Phi) is 3.52. The molecular weight excluding hydrogens is 242 g/mol. The van der Waals surface area contributed by atoms with Crippen LogP contribution in [0.1, 0.15) is 11.1 Å². The number of hydrogen-bond donors (Lipinski definition) is 1. The Hall–Kier alpha value is -2.43. The first-order valence-electron chi connectivity index (χ1n) is 5.20. The highest BCUT2D eigenvalue weighted by Gasteiger charge is 2.04. The van der Waals surface area contributed by atoms with Crippen molar-refractivity contribution in [1.29, 1.82) is 10.5 Å². The van der Waals surface area contributed by atoms with Crippen LogP contribution in [0.4, 0.5) is 5.69 Å². The molecule has 0 fully saturated rings. The summed E-state index contributed by atoms with van der Waals surface area (Å²) in [5.74, 6) is 0. The molecule has 0 amide bonds. The van der Waals surface area contributed by atoms with Gasteiger partial charge in [-0.3, -0.25) is 0 Å². The number of benzene rings is 2. The molecule has 0 heterocycles. The Morgan fingerprint density at radius 3 is 2.28 bits per heavy atom. The number of rotatable bonds is 2. The third kappa shape index (κ3) is 2.63. The third-order valence-electron chi connectivity index (χ3n) is 2.33. The van der Waals surface area contributed by atoms with Crippen molar-refractivity contribution in [2.24, 2.45) is 0 Å². The fraction of sp³-hybridized carbons (Fsp3) is 0. The second kappa shape index (κ2) is 5.27. The van der Waals surface area contributed by atoms with E-state index in [2.05, 4.69) is 0 Å². The fourth-order valence-corrected chi connectivity index (χ4v) is 2.42. The standard InChI is InChI=1S/C14H9N3S/c15-8-10-4-5-14(6-11(10)9-16)18-13-3-1-2-12(17)7-13/h1-7H,17H2. The quantitative estimate of drug-likeness (QED) is 0.832. The van der Waals surface area contributed by atoms with Crippen LogP contribution >= 0.6 is 11.8 Å². The van der Waals surface area contributed by atoms with Gasteiger partial charge in [-0.15, -0.1) is 0 Å². The van der Waals surface area contributed by atoms with Crippen molar-refractivity contribution in [3.05, 3.63) is 53.6 Å². The lowest BCUT2D eigenvalue weighted by atomic mass is 10.1. The number of nitrogens with two attached hydrogens (primary N) is 1. The summed E-state index contributed by atoms with van der Waals surface area (Å²) in [7, 11) is 0. The molecule has 0 saturated heterocycles. The van der Waals surface area contributed by atoms with Crippen LogP contribution in [0.2, 0.25) is 0 Å².